The van der Waals surface area contributed by atoms with Gasteiger partial charge in [-0.2, -0.15) is 0 Å². The minimum absolute atomic E-state index is 0. The Morgan fingerprint density at radius 3 is 2.55 bits per heavy atom. The number of hydrogen-bond donors (Lipinski definition) is 2. The maximum absolute atomic E-state index is 5.65. The van der Waals surface area contributed by atoms with E-state index in [2.05, 4.69) is 22.5 Å². The molecule has 4 nitrogen and oxygen atoms in total. The molecule has 2 fully saturated rings. The number of nitrogens with one attached hydrogen (secondary N) is 2. The molecule has 2 rings (SSSR count). The summed E-state index contributed by atoms with van der Waals surface area (Å²) in [6.45, 7) is 6.14. The molecule has 2 aliphatic rings. The minimum Gasteiger partial charge on any atom is -0.381 e. The van der Waals surface area contributed by atoms with Crippen LogP contribution in [0, 0.1) is 11.3 Å². The van der Waals surface area contributed by atoms with Crippen LogP contribution < -0.4 is 10.6 Å². The van der Waals surface area contributed by atoms with E-state index in [1.54, 1.807) is 0 Å². The van der Waals surface area contributed by atoms with Gasteiger partial charge in [-0.1, -0.05) is 19.8 Å². The van der Waals surface area contributed by atoms with Gasteiger partial charge in [-0.15, -0.1) is 24.0 Å². The number of guanidine groups is 1. The van der Waals surface area contributed by atoms with E-state index in [-0.39, 0.29) is 24.0 Å². The molecule has 2 saturated carbocycles. The Hall–Kier alpha value is -0.0400. The Kier molecular flexibility index (Phi) is 9.71. The van der Waals surface area contributed by atoms with Crippen molar-refractivity contribution in [3.8, 4) is 0 Å². The topological polar surface area (TPSA) is 45.7 Å². The van der Waals surface area contributed by atoms with Crippen LogP contribution in [0.2, 0.25) is 0 Å². The fraction of sp³-hybridized carbons (Fsp3) is 0.941. The molecule has 0 unspecified atom stereocenters. The van der Waals surface area contributed by atoms with Crippen LogP contribution in [-0.4, -0.2) is 39.3 Å². The summed E-state index contributed by atoms with van der Waals surface area (Å²) in [4.78, 5) is 4.32. The molecule has 0 atom stereocenters. The van der Waals surface area contributed by atoms with Crippen LogP contribution >= 0.6 is 24.0 Å². The summed E-state index contributed by atoms with van der Waals surface area (Å²) in [5.41, 5.74) is 0.505. The normalized spacial score (nSPS) is 20.5. The fourth-order valence-electron chi connectivity index (χ4n) is 3.19. The third-order valence-corrected chi connectivity index (χ3v) is 5.08. The van der Waals surface area contributed by atoms with Crippen molar-refractivity contribution < 1.29 is 4.74 Å². The Morgan fingerprint density at radius 2 is 1.95 bits per heavy atom. The Morgan fingerprint density at radius 1 is 1.23 bits per heavy atom. The summed E-state index contributed by atoms with van der Waals surface area (Å²) < 4.78 is 5.65. The molecule has 0 aromatic carbocycles. The van der Waals surface area contributed by atoms with Crippen LogP contribution in [0.5, 0.6) is 0 Å². The summed E-state index contributed by atoms with van der Waals surface area (Å²) >= 11 is 0. The van der Waals surface area contributed by atoms with E-state index in [4.69, 9.17) is 4.74 Å². The largest absolute Gasteiger partial charge is 0.381 e. The van der Waals surface area contributed by atoms with Crippen LogP contribution in [0.15, 0.2) is 4.99 Å². The molecule has 2 N–H and O–H groups in total. The van der Waals surface area contributed by atoms with Crippen molar-refractivity contribution in [1.82, 2.24) is 10.6 Å². The first-order valence-electron chi connectivity index (χ1n) is 8.80. The Bertz CT molecular complexity index is 326. The Labute approximate surface area is 153 Å². The third-order valence-electron chi connectivity index (χ3n) is 5.08. The van der Waals surface area contributed by atoms with Gasteiger partial charge in [-0.05, 0) is 49.9 Å². The van der Waals surface area contributed by atoms with E-state index in [1.165, 1.54) is 44.9 Å². The van der Waals surface area contributed by atoms with Crippen molar-refractivity contribution in [3.05, 3.63) is 0 Å². The molecule has 0 aromatic rings. The van der Waals surface area contributed by atoms with Crippen molar-refractivity contribution in [2.75, 3.05) is 33.4 Å². The minimum atomic E-state index is 0. The number of ether oxygens (including phenoxy) is 1. The standard InChI is InChI=1S/C17H33N3O.HI/c1-3-17(9-4-5-10-17)14-20-16(18-2)19-11-6-12-21-13-15-7-8-15;/h15H,3-14H2,1-2H3,(H2,18,19,20);1H. The highest BCUT2D eigenvalue weighted by molar-refractivity contribution is 14.0. The smallest absolute Gasteiger partial charge is 0.190 e. The number of rotatable bonds is 9. The molecule has 2 aliphatic carbocycles. The third kappa shape index (κ3) is 7.02. The average Bonchev–Trinajstić information content (AvgIpc) is 3.22. The second-order valence-electron chi connectivity index (χ2n) is 6.79. The lowest BCUT2D eigenvalue weighted by Gasteiger charge is -2.28. The monoisotopic (exact) mass is 423 g/mol. The lowest BCUT2D eigenvalue weighted by molar-refractivity contribution is 0.123. The number of nitrogens with zero attached hydrogens (tertiary/aromatic N) is 1. The van der Waals surface area contributed by atoms with Gasteiger partial charge in [-0.3, -0.25) is 4.99 Å². The summed E-state index contributed by atoms with van der Waals surface area (Å²) in [6.07, 6.45) is 10.6. The molecule has 22 heavy (non-hydrogen) atoms. The highest BCUT2D eigenvalue weighted by atomic mass is 127. The molecule has 0 aliphatic heterocycles. The highest BCUT2D eigenvalue weighted by Gasteiger charge is 2.31. The van der Waals surface area contributed by atoms with Crippen molar-refractivity contribution in [2.45, 2.75) is 58.3 Å². The van der Waals surface area contributed by atoms with Crippen LogP contribution in [0.25, 0.3) is 0 Å². The van der Waals surface area contributed by atoms with Crippen molar-refractivity contribution >= 4 is 29.9 Å². The van der Waals surface area contributed by atoms with Gasteiger partial charge < -0.3 is 15.4 Å². The van der Waals surface area contributed by atoms with Crippen LogP contribution in [0.1, 0.15) is 58.3 Å². The predicted molar refractivity (Wildman–Crippen MR) is 104 cm³/mol. The molecule has 0 amide bonds. The average molecular weight is 423 g/mol. The second kappa shape index (κ2) is 10.7. The zero-order valence-electron chi connectivity index (χ0n) is 14.3. The van der Waals surface area contributed by atoms with Gasteiger partial charge in [-0.25, -0.2) is 0 Å². The zero-order valence-corrected chi connectivity index (χ0v) is 16.7. The van der Waals surface area contributed by atoms with Crippen molar-refractivity contribution in [2.24, 2.45) is 16.3 Å². The van der Waals surface area contributed by atoms with Gasteiger partial charge in [0.25, 0.3) is 0 Å². The summed E-state index contributed by atoms with van der Waals surface area (Å²) in [7, 11) is 1.85. The van der Waals surface area contributed by atoms with E-state index >= 15 is 0 Å². The molecule has 130 valence electrons. The number of hydrogen-bond acceptors (Lipinski definition) is 2. The summed E-state index contributed by atoms with van der Waals surface area (Å²) in [5.74, 6) is 1.81. The van der Waals surface area contributed by atoms with Gasteiger partial charge >= 0.3 is 0 Å². The van der Waals surface area contributed by atoms with Crippen LogP contribution in [0.3, 0.4) is 0 Å². The lowest BCUT2D eigenvalue weighted by atomic mass is 9.83. The van der Waals surface area contributed by atoms with Crippen molar-refractivity contribution in [1.29, 1.82) is 0 Å². The second-order valence-corrected chi connectivity index (χ2v) is 6.79. The van der Waals surface area contributed by atoms with Gasteiger partial charge in [0.05, 0.1) is 0 Å². The SMILES string of the molecule is CCC1(CNC(=NC)NCCCOCC2CC2)CCCC1.I. The first-order valence-corrected chi connectivity index (χ1v) is 8.80. The van der Waals surface area contributed by atoms with Gasteiger partial charge in [0.15, 0.2) is 5.96 Å². The Balaban J connectivity index is 0.00000242. The molecule has 0 spiro atoms. The zero-order chi connectivity index (χ0) is 15.0. The highest BCUT2D eigenvalue weighted by Crippen LogP contribution is 2.40. The molecule has 0 aromatic heterocycles. The molecule has 0 saturated heterocycles. The predicted octanol–water partition coefficient (Wildman–Crippen LogP) is 3.56. The summed E-state index contributed by atoms with van der Waals surface area (Å²) in [6, 6.07) is 0. The van der Waals surface area contributed by atoms with E-state index in [1.807, 2.05) is 7.05 Å². The van der Waals surface area contributed by atoms with E-state index < -0.39 is 0 Å². The van der Waals surface area contributed by atoms with Crippen molar-refractivity contribution in [3.63, 3.8) is 0 Å². The molecule has 0 bridgehead atoms. The quantitative estimate of drug-likeness (QED) is 0.258. The van der Waals surface area contributed by atoms with E-state index in [0.717, 1.165) is 44.6 Å². The summed E-state index contributed by atoms with van der Waals surface area (Å²) in [5, 5.41) is 6.92. The number of halogens is 1. The molecule has 5 heteroatoms. The molecule has 0 heterocycles. The van der Waals surface area contributed by atoms with Gasteiger partial charge in [0.1, 0.15) is 0 Å². The fourth-order valence-corrected chi connectivity index (χ4v) is 3.19. The maximum atomic E-state index is 5.65. The lowest BCUT2D eigenvalue weighted by Crippen LogP contribution is -2.43. The first kappa shape index (κ1) is 20.0. The van der Waals surface area contributed by atoms with Gasteiger partial charge in [0.2, 0.25) is 0 Å². The maximum Gasteiger partial charge on any atom is 0.190 e. The van der Waals surface area contributed by atoms with E-state index in [9.17, 15) is 0 Å². The number of aliphatic imine (C=N–C) groups is 1. The van der Waals surface area contributed by atoms with Gasteiger partial charge in [0, 0.05) is 33.4 Å². The molecular formula is C17H34IN3O. The van der Waals surface area contributed by atoms with E-state index in [0.29, 0.717) is 5.41 Å². The molecular weight excluding hydrogens is 389 g/mol. The molecule has 0 radical (unpaired) electrons. The van der Waals surface area contributed by atoms with Crippen LogP contribution in [-0.2, 0) is 4.74 Å². The first-order chi connectivity index (χ1) is 10.3. The van der Waals surface area contributed by atoms with Crippen LogP contribution in [0.4, 0.5) is 0 Å².